The number of hydrogen-bond acceptors (Lipinski definition) is 3. The molecule has 0 aliphatic carbocycles. The van der Waals surface area contributed by atoms with Crippen molar-refractivity contribution in [2.75, 3.05) is 19.7 Å². The topological polar surface area (TPSA) is 42.4 Å². The molecule has 154 valence electrons. The van der Waals surface area contributed by atoms with E-state index in [9.17, 15) is 9.18 Å². The molecule has 2 aromatic carbocycles. The molecule has 1 fully saturated rings. The molecule has 4 nitrogen and oxygen atoms in total. The lowest BCUT2D eigenvalue weighted by Crippen LogP contribution is -2.42. The van der Waals surface area contributed by atoms with Gasteiger partial charge in [0.2, 0.25) is 5.91 Å². The summed E-state index contributed by atoms with van der Waals surface area (Å²) in [5.41, 5.74) is 3.35. The first kappa shape index (κ1) is 20.2. The molecular formula is C25H25FN2O2. The molecule has 0 spiro atoms. The minimum Gasteiger partial charge on any atom is -0.368 e. The smallest absolute Gasteiger partial charge is 0.223 e. The van der Waals surface area contributed by atoms with E-state index in [1.54, 1.807) is 12.1 Å². The van der Waals surface area contributed by atoms with Crippen LogP contribution in [0.3, 0.4) is 0 Å². The molecule has 0 unspecified atom stereocenters. The molecule has 1 atom stereocenters. The molecule has 1 aliphatic heterocycles. The molecule has 1 saturated heterocycles. The number of carbonyl (C=O) groups is 1. The van der Waals surface area contributed by atoms with Gasteiger partial charge in [-0.05, 0) is 35.7 Å². The standard InChI is InChI=1S/C25H25FN2O2/c26-22-11-5-4-9-20(22)17-21-10-6-12-23(27-21)24-18-28(15-16-30-24)25(29)14-13-19-7-2-1-3-8-19/h1-12,24H,13-18H2/t24-/m0/s1. The fourth-order valence-corrected chi connectivity index (χ4v) is 3.72. The van der Waals surface area contributed by atoms with Crippen molar-refractivity contribution in [1.29, 1.82) is 0 Å². The van der Waals surface area contributed by atoms with Crippen LogP contribution in [0.4, 0.5) is 4.39 Å². The largest absolute Gasteiger partial charge is 0.368 e. The van der Waals surface area contributed by atoms with Gasteiger partial charge in [-0.15, -0.1) is 0 Å². The second-order valence-electron chi connectivity index (χ2n) is 7.51. The van der Waals surface area contributed by atoms with Crippen LogP contribution in [0, 0.1) is 5.82 Å². The van der Waals surface area contributed by atoms with Gasteiger partial charge in [-0.25, -0.2) is 4.39 Å². The van der Waals surface area contributed by atoms with E-state index < -0.39 is 0 Å². The molecule has 1 amide bonds. The highest BCUT2D eigenvalue weighted by atomic mass is 19.1. The summed E-state index contributed by atoms with van der Waals surface area (Å²) in [6.07, 6.45) is 1.38. The van der Waals surface area contributed by atoms with Crippen molar-refractivity contribution in [3.8, 4) is 0 Å². The van der Waals surface area contributed by atoms with Crippen molar-refractivity contribution in [3.63, 3.8) is 0 Å². The number of aromatic nitrogens is 1. The fourth-order valence-electron chi connectivity index (χ4n) is 3.72. The Morgan fingerprint density at radius 1 is 1.03 bits per heavy atom. The maximum absolute atomic E-state index is 14.0. The Labute approximate surface area is 176 Å². The molecule has 30 heavy (non-hydrogen) atoms. The van der Waals surface area contributed by atoms with E-state index >= 15 is 0 Å². The number of ether oxygens (including phenoxy) is 1. The van der Waals surface area contributed by atoms with Gasteiger partial charge < -0.3 is 9.64 Å². The average molecular weight is 404 g/mol. The van der Waals surface area contributed by atoms with Crippen LogP contribution in [0.25, 0.3) is 0 Å². The number of benzene rings is 2. The number of hydrogen-bond donors (Lipinski definition) is 0. The first-order chi connectivity index (χ1) is 14.7. The van der Waals surface area contributed by atoms with Crippen LogP contribution in [-0.4, -0.2) is 35.5 Å². The van der Waals surface area contributed by atoms with Crippen LogP contribution in [-0.2, 0) is 22.4 Å². The molecule has 5 heteroatoms. The quantitative estimate of drug-likeness (QED) is 0.614. The van der Waals surface area contributed by atoms with E-state index in [0.717, 1.165) is 23.4 Å². The second kappa shape index (κ2) is 9.63. The molecule has 0 radical (unpaired) electrons. The highest BCUT2D eigenvalue weighted by Crippen LogP contribution is 2.22. The molecular weight excluding hydrogens is 379 g/mol. The molecule has 1 aromatic heterocycles. The predicted octanol–water partition coefficient (Wildman–Crippen LogP) is 4.34. The number of carbonyl (C=O) groups excluding carboxylic acids is 1. The molecule has 4 rings (SSSR count). The van der Waals surface area contributed by atoms with Crippen molar-refractivity contribution in [1.82, 2.24) is 9.88 Å². The highest BCUT2D eigenvalue weighted by Gasteiger charge is 2.26. The van der Waals surface area contributed by atoms with E-state index in [0.29, 0.717) is 38.1 Å². The van der Waals surface area contributed by atoms with Gasteiger partial charge in [-0.2, -0.15) is 0 Å². The van der Waals surface area contributed by atoms with Gasteiger partial charge in [0.15, 0.2) is 0 Å². The number of amides is 1. The summed E-state index contributed by atoms with van der Waals surface area (Å²) >= 11 is 0. The minimum atomic E-state index is -0.264. The van der Waals surface area contributed by atoms with Gasteiger partial charge >= 0.3 is 0 Å². The third kappa shape index (κ3) is 5.10. The number of morpholine rings is 1. The van der Waals surface area contributed by atoms with Crippen LogP contribution in [0.2, 0.25) is 0 Å². The van der Waals surface area contributed by atoms with Crippen molar-refractivity contribution in [2.24, 2.45) is 0 Å². The third-order valence-corrected chi connectivity index (χ3v) is 5.38. The number of rotatable bonds is 6. The number of halogens is 1. The molecule has 0 saturated carbocycles. The summed E-state index contributed by atoms with van der Waals surface area (Å²) in [6.45, 7) is 1.57. The normalized spacial score (nSPS) is 16.4. The van der Waals surface area contributed by atoms with Crippen LogP contribution < -0.4 is 0 Å². The van der Waals surface area contributed by atoms with Gasteiger partial charge in [-0.1, -0.05) is 54.6 Å². The summed E-state index contributed by atoms with van der Waals surface area (Å²) in [5.74, 6) is -0.0940. The Kier molecular flexibility index (Phi) is 6.50. The fraction of sp³-hybridized carbons (Fsp3) is 0.280. The molecule has 2 heterocycles. The van der Waals surface area contributed by atoms with Crippen molar-refractivity contribution in [2.45, 2.75) is 25.4 Å². The van der Waals surface area contributed by atoms with Crippen LogP contribution in [0.5, 0.6) is 0 Å². The number of pyridine rings is 1. The Hall–Kier alpha value is -3.05. The summed E-state index contributed by atoms with van der Waals surface area (Å²) in [5, 5.41) is 0. The van der Waals surface area contributed by atoms with E-state index in [4.69, 9.17) is 9.72 Å². The van der Waals surface area contributed by atoms with Crippen molar-refractivity contribution in [3.05, 3.63) is 101 Å². The monoisotopic (exact) mass is 404 g/mol. The zero-order chi connectivity index (χ0) is 20.8. The van der Waals surface area contributed by atoms with Gasteiger partial charge in [0.05, 0.1) is 18.8 Å². The van der Waals surface area contributed by atoms with Gasteiger partial charge in [0.1, 0.15) is 11.9 Å². The van der Waals surface area contributed by atoms with Crippen LogP contribution in [0.15, 0.2) is 72.8 Å². The molecule has 0 N–H and O–H groups in total. The Bertz CT molecular complexity index is 993. The second-order valence-corrected chi connectivity index (χ2v) is 7.51. The Morgan fingerprint density at radius 2 is 1.83 bits per heavy atom. The van der Waals surface area contributed by atoms with E-state index in [2.05, 4.69) is 0 Å². The van der Waals surface area contributed by atoms with Gasteiger partial charge in [0.25, 0.3) is 0 Å². The molecule has 0 bridgehead atoms. The summed E-state index contributed by atoms with van der Waals surface area (Å²) < 4.78 is 19.9. The number of aryl methyl sites for hydroxylation is 1. The zero-order valence-electron chi connectivity index (χ0n) is 16.8. The number of nitrogens with zero attached hydrogens (tertiary/aromatic N) is 2. The van der Waals surface area contributed by atoms with E-state index in [-0.39, 0.29) is 17.8 Å². The average Bonchev–Trinajstić information content (AvgIpc) is 2.80. The van der Waals surface area contributed by atoms with Crippen molar-refractivity contribution < 1.29 is 13.9 Å². The van der Waals surface area contributed by atoms with Crippen LogP contribution >= 0.6 is 0 Å². The Morgan fingerprint density at radius 3 is 2.67 bits per heavy atom. The summed E-state index contributed by atoms with van der Waals surface area (Å²) in [6, 6.07) is 22.5. The van der Waals surface area contributed by atoms with E-state index in [1.165, 1.54) is 6.07 Å². The third-order valence-electron chi connectivity index (χ3n) is 5.38. The zero-order valence-corrected chi connectivity index (χ0v) is 16.8. The lowest BCUT2D eigenvalue weighted by molar-refractivity contribution is -0.139. The predicted molar refractivity (Wildman–Crippen MR) is 113 cm³/mol. The maximum atomic E-state index is 14.0. The lowest BCUT2D eigenvalue weighted by Gasteiger charge is -2.33. The maximum Gasteiger partial charge on any atom is 0.223 e. The van der Waals surface area contributed by atoms with Crippen molar-refractivity contribution >= 4 is 5.91 Å². The summed E-state index contributed by atoms with van der Waals surface area (Å²) in [7, 11) is 0. The lowest BCUT2D eigenvalue weighted by atomic mass is 10.1. The highest BCUT2D eigenvalue weighted by molar-refractivity contribution is 5.76. The Balaban J connectivity index is 1.39. The minimum absolute atomic E-state index is 0.134. The van der Waals surface area contributed by atoms with Gasteiger partial charge in [-0.3, -0.25) is 9.78 Å². The first-order valence-electron chi connectivity index (χ1n) is 10.3. The van der Waals surface area contributed by atoms with E-state index in [1.807, 2.05) is 59.5 Å². The van der Waals surface area contributed by atoms with Gasteiger partial charge in [0, 0.05) is 25.1 Å². The molecule has 3 aromatic rings. The first-order valence-corrected chi connectivity index (χ1v) is 10.3. The molecule has 1 aliphatic rings. The van der Waals surface area contributed by atoms with Crippen LogP contribution in [0.1, 0.15) is 35.0 Å². The summed E-state index contributed by atoms with van der Waals surface area (Å²) in [4.78, 5) is 19.3. The SMILES string of the molecule is O=C(CCc1ccccc1)N1CCO[C@H](c2cccc(Cc3ccccc3F)n2)C1.